The van der Waals surface area contributed by atoms with Gasteiger partial charge in [-0.25, -0.2) is 9.48 Å². The first-order valence-electron chi connectivity index (χ1n) is 5.23. The zero-order valence-electron chi connectivity index (χ0n) is 9.18. The molecule has 0 atom stereocenters. The molecule has 1 saturated heterocycles. The predicted octanol–water partition coefficient (Wildman–Crippen LogP) is 0.603. The number of rotatable bonds is 2. The van der Waals surface area contributed by atoms with E-state index in [0.717, 1.165) is 12.8 Å². The molecule has 6 nitrogen and oxygen atoms in total. The van der Waals surface area contributed by atoms with Crippen LogP contribution in [0.3, 0.4) is 0 Å². The van der Waals surface area contributed by atoms with Crippen LogP contribution in [0.15, 0.2) is 6.07 Å². The summed E-state index contributed by atoms with van der Waals surface area (Å²) < 4.78 is 11.5. The summed E-state index contributed by atoms with van der Waals surface area (Å²) in [6.45, 7) is 1.41. The van der Waals surface area contributed by atoms with E-state index in [2.05, 4.69) is 9.84 Å². The van der Waals surface area contributed by atoms with Crippen molar-refractivity contribution >= 4 is 11.8 Å². The number of nitrogen functional groups attached to an aromatic ring is 1. The molecule has 2 N–H and O–H groups in total. The van der Waals surface area contributed by atoms with Crippen LogP contribution in [-0.4, -0.2) is 36.1 Å². The van der Waals surface area contributed by atoms with Gasteiger partial charge in [0.2, 0.25) is 0 Å². The van der Waals surface area contributed by atoms with Crippen LogP contribution in [0.2, 0.25) is 0 Å². The van der Waals surface area contributed by atoms with Gasteiger partial charge in [-0.2, -0.15) is 5.10 Å². The first-order chi connectivity index (χ1) is 7.72. The van der Waals surface area contributed by atoms with Gasteiger partial charge < -0.3 is 15.2 Å². The Morgan fingerprint density at radius 1 is 1.62 bits per heavy atom. The summed E-state index contributed by atoms with van der Waals surface area (Å²) in [7, 11) is 1.33. The lowest BCUT2D eigenvalue weighted by Gasteiger charge is -2.23. The number of ether oxygens (including phenoxy) is 2. The SMILES string of the molecule is COC(=O)c1cc(N)n(C2CCOCC2)n1. The van der Waals surface area contributed by atoms with Gasteiger partial charge in [0.1, 0.15) is 5.82 Å². The predicted molar refractivity (Wildman–Crippen MR) is 57.1 cm³/mol. The fourth-order valence-electron chi connectivity index (χ4n) is 1.84. The molecule has 16 heavy (non-hydrogen) atoms. The quantitative estimate of drug-likeness (QED) is 0.746. The van der Waals surface area contributed by atoms with Crippen LogP contribution >= 0.6 is 0 Å². The summed E-state index contributed by atoms with van der Waals surface area (Å²) in [6, 6.07) is 1.76. The summed E-state index contributed by atoms with van der Waals surface area (Å²) in [5.74, 6) is 0.0322. The molecule has 0 aromatic carbocycles. The number of carbonyl (C=O) groups excluding carboxylic acids is 1. The molecule has 0 amide bonds. The van der Waals surface area contributed by atoms with Crippen molar-refractivity contribution in [1.29, 1.82) is 0 Å². The van der Waals surface area contributed by atoms with E-state index in [0.29, 0.717) is 19.0 Å². The number of carbonyl (C=O) groups is 1. The summed E-state index contributed by atoms with van der Waals surface area (Å²) in [6.07, 6.45) is 1.74. The Morgan fingerprint density at radius 2 is 2.31 bits per heavy atom. The number of nitrogens with two attached hydrogens (primary N) is 1. The molecule has 0 aliphatic carbocycles. The van der Waals surface area contributed by atoms with Crippen LogP contribution < -0.4 is 5.73 Å². The molecule has 2 rings (SSSR count). The van der Waals surface area contributed by atoms with E-state index in [1.165, 1.54) is 7.11 Å². The maximum atomic E-state index is 11.3. The van der Waals surface area contributed by atoms with Crippen molar-refractivity contribution in [3.05, 3.63) is 11.8 Å². The summed E-state index contributed by atoms with van der Waals surface area (Å²) in [5, 5.41) is 4.17. The molecule has 2 heterocycles. The van der Waals surface area contributed by atoms with E-state index < -0.39 is 5.97 Å². The third-order valence-corrected chi connectivity index (χ3v) is 2.70. The van der Waals surface area contributed by atoms with Gasteiger partial charge in [-0.1, -0.05) is 0 Å². The van der Waals surface area contributed by atoms with Crippen LogP contribution in [0.1, 0.15) is 29.4 Å². The number of esters is 1. The van der Waals surface area contributed by atoms with E-state index in [1.807, 2.05) is 0 Å². The van der Waals surface area contributed by atoms with E-state index in [9.17, 15) is 4.79 Å². The Morgan fingerprint density at radius 3 is 2.94 bits per heavy atom. The van der Waals surface area contributed by atoms with Crippen LogP contribution in [0.5, 0.6) is 0 Å². The second kappa shape index (κ2) is 4.52. The van der Waals surface area contributed by atoms with Crippen LogP contribution in [0.4, 0.5) is 5.82 Å². The minimum absolute atomic E-state index is 0.215. The number of methoxy groups -OCH3 is 1. The fourth-order valence-corrected chi connectivity index (χ4v) is 1.84. The molecule has 0 spiro atoms. The molecule has 6 heteroatoms. The normalized spacial score (nSPS) is 17.3. The third kappa shape index (κ3) is 2.01. The van der Waals surface area contributed by atoms with Crippen LogP contribution in [0.25, 0.3) is 0 Å². The molecule has 1 aliphatic rings. The summed E-state index contributed by atoms with van der Waals surface area (Å²) in [4.78, 5) is 11.3. The third-order valence-electron chi connectivity index (χ3n) is 2.70. The lowest BCUT2D eigenvalue weighted by molar-refractivity contribution is 0.0583. The Labute approximate surface area is 93.3 Å². The molecular formula is C10H15N3O3. The van der Waals surface area contributed by atoms with Crippen LogP contribution in [0, 0.1) is 0 Å². The van der Waals surface area contributed by atoms with Gasteiger partial charge in [0.25, 0.3) is 0 Å². The average molecular weight is 225 g/mol. The molecule has 1 aromatic heterocycles. The maximum absolute atomic E-state index is 11.3. The number of hydrogen-bond donors (Lipinski definition) is 1. The van der Waals surface area contributed by atoms with Gasteiger partial charge in [-0.05, 0) is 12.8 Å². The molecule has 0 unspecified atom stereocenters. The largest absolute Gasteiger partial charge is 0.464 e. The highest BCUT2D eigenvalue weighted by atomic mass is 16.5. The first kappa shape index (κ1) is 10.9. The number of nitrogens with zero attached hydrogens (tertiary/aromatic N) is 2. The minimum atomic E-state index is -0.461. The van der Waals surface area contributed by atoms with Crippen molar-refractivity contribution in [2.45, 2.75) is 18.9 Å². The standard InChI is InChI=1S/C10H15N3O3/c1-15-10(14)8-6-9(11)13(12-8)7-2-4-16-5-3-7/h6-7H,2-5,11H2,1H3. The topological polar surface area (TPSA) is 79.4 Å². The monoisotopic (exact) mass is 225 g/mol. The molecule has 0 saturated carbocycles. The van der Waals surface area contributed by atoms with Crippen molar-refractivity contribution in [1.82, 2.24) is 9.78 Å². The highest BCUT2D eigenvalue weighted by Crippen LogP contribution is 2.23. The van der Waals surface area contributed by atoms with Crippen molar-refractivity contribution in [2.75, 3.05) is 26.1 Å². The van der Waals surface area contributed by atoms with Crippen molar-refractivity contribution in [2.24, 2.45) is 0 Å². The molecule has 0 bridgehead atoms. The van der Waals surface area contributed by atoms with E-state index in [-0.39, 0.29) is 11.7 Å². The Balaban J connectivity index is 2.20. The molecule has 88 valence electrons. The lowest BCUT2D eigenvalue weighted by atomic mass is 10.1. The Bertz CT molecular complexity index is 383. The highest BCUT2D eigenvalue weighted by molar-refractivity contribution is 5.87. The Kier molecular flexibility index (Phi) is 3.09. The van der Waals surface area contributed by atoms with E-state index in [4.69, 9.17) is 10.5 Å². The summed E-state index contributed by atoms with van der Waals surface area (Å²) in [5.41, 5.74) is 6.07. The van der Waals surface area contributed by atoms with E-state index >= 15 is 0 Å². The molecule has 1 fully saturated rings. The minimum Gasteiger partial charge on any atom is -0.464 e. The number of aromatic nitrogens is 2. The summed E-state index contributed by atoms with van der Waals surface area (Å²) >= 11 is 0. The van der Waals surface area contributed by atoms with Gasteiger partial charge in [0, 0.05) is 19.3 Å². The fraction of sp³-hybridized carbons (Fsp3) is 0.600. The smallest absolute Gasteiger partial charge is 0.358 e. The highest BCUT2D eigenvalue weighted by Gasteiger charge is 2.21. The zero-order chi connectivity index (χ0) is 11.5. The molecule has 1 aromatic rings. The van der Waals surface area contributed by atoms with Crippen molar-refractivity contribution in [3.8, 4) is 0 Å². The number of hydrogen-bond acceptors (Lipinski definition) is 5. The van der Waals surface area contributed by atoms with Crippen molar-refractivity contribution < 1.29 is 14.3 Å². The van der Waals surface area contributed by atoms with Gasteiger partial charge in [-0.3, -0.25) is 0 Å². The zero-order valence-corrected chi connectivity index (χ0v) is 9.18. The molecular weight excluding hydrogens is 210 g/mol. The second-order valence-corrected chi connectivity index (χ2v) is 3.73. The maximum Gasteiger partial charge on any atom is 0.358 e. The van der Waals surface area contributed by atoms with E-state index in [1.54, 1.807) is 10.7 Å². The molecule has 1 aliphatic heterocycles. The van der Waals surface area contributed by atoms with Gasteiger partial charge in [-0.15, -0.1) is 0 Å². The van der Waals surface area contributed by atoms with Gasteiger partial charge in [0.05, 0.1) is 13.2 Å². The number of anilines is 1. The van der Waals surface area contributed by atoms with Gasteiger partial charge >= 0.3 is 5.97 Å². The molecule has 0 radical (unpaired) electrons. The second-order valence-electron chi connectivity index (χ2n) is 3.73. The lowest BCUT2D eigenvalue weighted by Crippen LogP contribution is -2.22. The van der Waals surface area contributed by atoms with Crippen LogP contribution in [-0.2, 0) is 9.47 Å². The Hall–Kier alpha value is -1.56. The van der Waals surface area contributed by atoms with Crippen molar-refractivity contribution in [3.63, 3.8) is 0 Å². The van der Waals surface area contributed by atoms with Gasteiger partial charge in [0.15, 0.2) is 5.69 Å². The first-order valence-corrected chi connectivity index (χ1v) is 5.23. The average Bonchev–Trinajstić information content (AvgIpc) is 2.71.